The number of hydrogen-bond donors (Lipinski definition) is 2. The van der Waals surface area contributed by atoms with Crippen molar-refractivity contribution >= 4 is 17.9 Å². The molecule has 0 radical (unpaired) electrons. The molecule has 32 heavy (non-hydrogen) atoms. The largest absolute Gasteiger partial charge is 0.444 e. The number of ether oxygens (including phenoxy) is 1. The van der Waals surface area contributed by atoms with E-state index in [-0.39, 0.29) is 12.5 Å². The molecule has 2 rings (SSSR count). The third kappa shape index (κ3) is 7.41. The first kappa shape index (κ1) is 24.9. The van der Waals surface area contributed by atoms with Crippen LogP contribution in [0, 0.1) is 13.8 Å². The predicted octanol–water partition coefficient (Wildman–Crippen LogP) is 3.64. The van der Waals surface area contributed by atoms with E-state index in [1.807, 2.05) is 62.4 Å². The first-order valence-corrected chi connectivity index (χ1v) is 10.6. The third-order valence-electron chi connectivity index (χ3n) is 4.84. The van der Waals surface area contributed by atoms with E-state index in [0.717, 1.165) is 22.3 Å². The van der Waals surface area contributed by atoms with E-state index in [4.69, 9.17) is 4.74 Å². The molecule has 0 aliphatic carbocycles. The molecule has 0 heterocycles. The molecule has 3 amide bonds. The summed E-state index contributed by atoms with van der Waals surface area (Å²) < 4.78 is 5.18. The molecule has 172 valence electrons. The summed E-state index contributed by atoms with van der Waals surface area (Å²) in [7, 11) is 1.56. The molecule has 2 N–H and O–H groups in total. The zero-order chi connectivity index (χ0) is 23.9. The second-order valence-electron chi connectivity index (χ2n) is 8.83. The average molecular weight is 440 g/mol. The van der Waals surface area contributed by atoms with Crippen LogP contribution in [0.25, 0.3) is 0 Å². The molecule has 0 aromatic heterocycles. The Morgan fingerprint density at radius 2 is 1.66 bits per heavy atom. The maximum absolute atomic E-state index is 13.2. The number of rotatable bonds is 7. The van der Waals surface area contributed by atoms with Gasteiger partial charge in [0.15, 0.2) is 0 Å². The predicted molar refractivity (Wildman–Crippen MR) is 124 cm³/mol. The van der Waals surface area contributed by atoms with Gasteiger partial charge in [0.1, 0.15) is 18.2 Å². The quantitative estimate of drug-likeness (QED) is 0.689. The summed E-state index contributed by atoms with van der Waals surface area (Å²) in [5, 5.41) is 5.39. The Hall–Kier alpha value is -3.35. The van der Waals surface area contributed by atoms with E-state index in [1.165, 1.54) is 4.90 Å². The van der Waals surface area contributed by atoms with Crippen LogP contribution in [0.1, 0.15) is 49.1 Å². The van der Waals surface area contributed by atoms with E-state index in [2.05, 4.69) is 10.6 Å². The summed E-state index contributed by atoms with van der Waals surface area (Å²) in [5.74, 6) is -0.704. The van der Waals surface area contributed by atoms with Crippen molar-refractivity contribution in [1.82, 2.24) is 15.5 Å². The zero-order valence-electron chi connectivity index (χ0n) is 19.7. The highest BCUT2D eigenvalue weighted by atomic mass is 16.6. The second kappa shape index (κ2) is 10.8. The lowest BCUT2D eigenvalue weighted by Gasteiger charge is -2.29. The van der Waals surface area contributed by atoms with Crippen LogP contribution in [0.2, 0.25) is 0 Å². The molecule has 1 unspecified atom stereocenters. The van der Waals surface area contributed by atoms with Gasteiger partial charge in [0, 0.05) is 13.6 Å². The number of amides is 3. The van der Waals surface area contributed by atoms with Gasteiger partial charge in [-0.1, -0.05) is 54.1 Å². The lowest BCUT2D eigenvalue weighted by molar-refractivity contribution is -0.138. The first-order chi connectivity index (χ1) is 15.0. The molecule has 2 aromatic rings. The summed E-state index contributed by atoms with van der Waals surface area (Å²) >= 11 is 0. The molecule has 0 spiro atoms. The molecule has 0 aliphatic rings. The molecule has 1 atom stereocenters. The Bertz CT molecular complexity index is 951. The highest BCUT2D eigenvalue weighted by Crippen LogP contribution is 2.24. The van der Waals surface area contributed by atoms with E-state index < -0.39 is 23.6 Å². The van der Waals surface area contributed by atoms with Crippen LogP contribution in [-0.2, 0) is 20.9 Å². The Morgan fingerprint density at radius 1 is 1.00 bits per heavy atom. The van der Waals surface area contributed by atoms with Crippen molar-refractivity contribution in [3.05, 3.63) is 70.8 Å². The standard InChI is InChI=1S/C25H33N3O4/c1-17-12-13-20(18(2)14-17)22(23(30)26-15-19-10-8-7-9-11-19)28(6)21(29)16-27-24(31)32-25(3,4)5/h7-14,22H,15-16H2,1-6H3,(H,26,30)(H,27,31). The van der Waals surface area contributed by atoms with Gasteiger partial charge in [0.2, 0.25) is 11.8 Å². The molecule has 0 saturated carbocycles. The Morgan fingerprint density at radius 3 is 2.25 bits per heavy atom. The van der Waals surface area contributed by atoms with E-state index in [0.29, 0.717) is 6.54 Å². The van der Waals surface area contributed by atoms with Gasteiger partial charge >= 0.3 is 6.09 Å². The molecule has 0 aliphatic heterocycles. The molecule has 0 saturated heterocycles. The number of nitrogens with zero attached hydrogens (tertiary/aromatic N) is 1. The lowest BCUT2D eigenvalue weighted by atomic mass is 9.97. The van der Waals surface area contributed by atoms with Crippen molar-refractivity contribution in [3.8, 4) is 0 Å². The van der Waals surface area contributed by atoms with Crippen LogP contribution in [0.15, 0.2) is 48.5 Å². The molecular weight excluding hydrogens is 406 g/mol. The summed E-state index contributed by atoms with van der Waals surface area (Å²) in [6.45, 7) is 9.19. The van der Waals surface area contributed by atoms with Gasteiger partial charge in [0.05, 0.1) is 0 Å². The number of nitrogens with one attached hydrogen (secondary N) is 2. The number of hydrogen-bond acceptors (Lipinski definition) is 4. The van der Waals surface area contributed by atoms with Crippen molar-refractivity contribution in [2.24, 2.45) is 0 Å². The van der Waals surface area contributed by atoms with E-state index >= 15 is 0 Å². The number of carbonyl (C=O) groups excluding carboxylic acids is 3. The minimum absolute atomic E-state index is 0.279. The number of benzene rings is 2. The maximum atomic E-state index is 13.2. The van der Waals surface area contributed by atoms with E-state index in [9.17, 15) is 14.4 Å². The van der Waals surface area contributed by atoms with Crippen molar-refractivity contribution in [2.75, 3.05) is 13.6 Å². The second-order valence-corrected chi connectivity index (χ2v) is 8.83. The van der Waals surface area contributed by atoms with Crippen molar-refractivity contribution in [1.29, 1.82) is 0 Å². The van der Waals surface area contributed by atoms with Crippen LogP contribution >= 0.6 is 0 Å². The van der Waals surface area contributed by atoms with Gasteiger partial charge in [-0.25, -0.2) is 4.79 Å². The molecule has 0 bridgehead atoms. The number of alkyl carbamates (subject to hydrolysis) is 1. The summed E-state index contributed by atoms with van der Waals surface area (Å²) in [6.07, 6.45) is -0.684. The minimum Gasteiger partial charge on any atom is -0.444 e. The molecule has 7 heteroatoms. The smallest absolute Gasteiger partial charge is 0.408 e. The van der Waals surface area contributed by atoms with E-state index in [1.54, 1.807) is 27.8 Å². The SMILES string of the molecule is Cc1ccc(C(C(=O)NCc2ccccc2)N(C)C(=O)CNC(=O)OC(C)(C)C)c(C)c1. The van der Waals surface area contributed by atoms with Crippen molar-refractivity contribution in [2.45, 2.75) is 52.8 Å². The van der Waals surface area contributed by atoms with Crippen LogP contribution in [-0.4, -0.2) is 42.0 Å². The fourth-order valence-electron chi connectivity index (χ4n) is 3.27. The summed E-state index contributed by atoms with van der Waals surface area (Å²) in [6, 6.07) is 14.5. The number of likely N-dealkylation sites (N-methyl/N-ethyl adjacent to an activating group) is 1. The van der Waals surface area contributed by atoms with Crippen LogP contribution < -0.4 is 10.6 Å². The lowest BCUT2D eigenvalue weighted by Crippen LogP contribution is -2.46. The molecular formula is C25H33N3O4. The van der Waals surface area contributed by atoms with Crippen LogP contribution in [0.5, 0.6) is 0 Å². The highest BCUT2D eigenvalue weighted by Gasteiger charge is 2.30. The fraction of sp³-hybridized carbons (Fsp3) is 0.400. The highest BCUT2D eigenvalue weighted by molar-refractivity contribution is 5.90. The van der Waals surface area contributed by atoms with Gasteiger partial charge in [-0.05, 0) is 51.3 Å². The molecule has 7 nitrogen and oxygen atoms in total. The first-order valence-electron chi connectivity index (χ1n) is 10.6. The van der Waals surface area contributed by atoms with Crippen molar-refractivity contribution in [3.63, 3.8) is 0 Å². The van der Waals surface area contributed by atoms with Crippen LogP contribution in [0.3, 0.4) is 0 Å². The monoisotopic (exact) mass is 439 g/mol. The molecule has 2 aromatic carbocycles. The summed E-state index contributed by atoms with van der Waals surface area (Å²) in [5.41, 5.74) is 2.99. The zero-order valence-corrected chi connectivity index (χ0v) is 19.7. The minimum atomic E-state index is -0.841. The topological polar surface area (TPSA) is 87.7 Å². The molecule has 0 fully saturated rings. The van der Waals surface area contributed by atoms with Gasteiger partial charge in [-0.2, -0.15) is 0 Å². The fourth-order valence-corrected chi connectivity index (χ4v) is 3.27. The van der Waals surface area contributed by atoms with Gasteiger partial charge in [-0.15, -0.1) is 0 Å². The van der Waals surface area contributed by atoms with Gasteiger partial charge in [0.25, 0.3) is 0 Å². The number of carbonyl (C=O) groups is 3. The third-order valence-corrected chi connectivity index (χ3v) is 4.84. The van der Waals surface area contributed by atoms with Crippen LogP contribution in [0.4, 0.5) is 4.79 Å². The Labute approximate surface area is 190 Å². The Balaban J connectivity index is 2.18. The Kier molecular flexibility index (Phi) is 8.41. The van der Waals surface area contributed by atoms with Gasteiger partial charge in [-0.3, -0.25) is 9.59 Å². The number of aryl methyl sites for hydroxylation is 2. The maximum Gasteiger partial charge on any atom is 0.408 e. The summed E-state index contributed by atoms with van der Waals surface area (Å²) in [4.78, 5) is 39.4. The average Bonchev–Trinajstić information content (AvgIpc) is 2.71. The van der Waals surface area contributed by atoms with Gasteiger partial charge < -0.3 is 20.3 Å². The van der Waals surface area contributed by atoms with Crippen molar-refractivity contribution < 1.29 is 19.1 Å². The normalized spacial score (nSPS) is 11.9.